The summed E-state index contributed by atoms with van der Waals surface area (Å²) in [5.41, 5.74) is 16.6. The third kappa shape index (κ3) is 1.93. The molecule has 0 saturated carbocycles. The van der Waals surface area contributed by atoms with E-state index in [1.165, 1.54) is 0 Å². The molecule has 0 aromatic carbocycles. The maximum absolute atomic E-state index is 5.91. The average Bonchev–Trinajstić information content (AvgIpc) is 2.65. The van der Waals surface area contributed by atoms with Crippen molar-refractivity contribution in [2.75, 3.05) is 11.5 Å². The molecule has 2 aromatic rings. The summed E-state index contributed by atoms with van der Waals surface area (Å²) < 4.78 is 1.58. The number of hydrogen-bond acceptors (Lipinski definition) is 6. The zero-order chi connectivity index (χ0) is 12.4. The van der Waals surface area contributed by atoms with Crippen LogP contribution >= 0.6 is 0 Å². The number of hydrogen-bond donors (Lipinski definition) is 4. The number of aryl methyl sites for hydroxylation is 1. The zero-order valence-corrected chi connectivity index (χ0v) is 9.46. The molecule has 90 valence electrons. The van der Waals surface area contributed by atoms with Crippen molar-refractivity contribution in [2.24, 2.45) is 12.9 Å². The lowest BCUT2D eigenvalue weighted by Crippen LogP contribution is -2.30. The number of hydrazine groups is 1. The van der Waals surface area contributed by atoms with Gasteiger partial charge in [0.25, 0.3) is 0 Å². The first-order chi connectivity index (χ1) is 8.15. The molecule has 0 amide bonds. The van der Waals surface area contributed by atoms with E-state index in [2.05, 4.69) is 15.5 Å². The quantitative estimate of drug-likeness (QED) is 0.420. The predicted octanol–water partition coefficient (Wildman–Crippen LogP) is -0.468. The third-order valence-corrected chi connectivity index (χ3v) is 2.69. The molecule has 2 heterocycles. The minimum Gasteiger partial charge on any atom is -0.398 e. The van der Waals surface area contributed by atoms with Crippen molar-refractivity contribution in [3.8, 4) is 0 Å². The van der Waals surface area contributed by atoms with Crippen LogP contribution in [0.2, 0.25) is 0 Å². The Morgan fingerprint density at radius 1 is 1.29 bits per heavy atom. The fraction of sp³-hybridized carbons (Fsp3) is 0.200. The van der Waals surface area contributed by atoms with Crippen molar-refractivity contribution in [1.82, 2.24) is 20.2 Å². The zero-order valence-electron chi connectivity index (χ0n) is 9.46. The molecule has 7 N–H and O–H groups in total. The number of nitrogens with two attached hydrogens (primary N) is 3. The van der Waals surface area contributed by atoms with Crippen LogP contribution < -0.4 is 22.7 Å². The molecule has 0 radical (unpaired) electrons. The predicted molar refractivity (Wildman–Crippen MR) is 65.4 cm³/mol. The number of aromatic nitrogens is 3. The third-order valence-electron chi connectivity index (χ3n) is 2.69. The normalized spacial score (nSPS) is 12.6. The van der Waals surface area contributed by atoms with Gasteiger partial charge in [0, 0.05) is 36.3 Å². The van der Waals surface area contributed by atoms with E-state index in [9.17, 15) is 0 Å². The van der Waals surface area contributed by atoms with Gasteiger partial charge in [-0.05, 0) is 6.07 Å². The van der Waals surface area contributed by atoms with Gasteiger partial charge in [-0.25, -0.2) is 5.43 Å². The first kappa shape index (κ1) is 11.4. The highest BCUT2D eigenvalue weighted by atomic mass is 15.3. The van der Waals surface area contributed by atoms with Crippen molar-refractivity contribution >= 4 is 11.5 Å². The summed E-state index contributed by atoms with van der Waals surface area (Å²) in [5.74, 6) is 6.10. The van der Waals surface area contributed by atoms with E-state index in [-0.39, 0.29) is 6.04 Å². The van der Waals surface area contributed by atoms with Crippen molar-refractivity contribution in [3.05, 3.63) is 35.8 Å². The van der Waals surface area contributed by atoms with Crippen molar-refractivity contribution in [1.29, 1.82) is 0 Å². The highest BCUT2D eigenvalue weighted by molar-refractivity contribution is 5.53. The van der Waals surface area contributed by atoms with E-state index in [1.807, 2.05) is 0 Å². The standard InChI is InChI=1S/C10H15N7/c1-17-10(12)7(5-15-17)9(16-13)6-4-14-3-2-8(6)11/h2-5,9,16H,12-13H2,1H3,(H2,11,14). The molecule has 1 unspecified atom stereocenters. The van der Waals surface area contributed by atoms with Crippen LogP contribution in [0.5, 0.6) is 0 Å². The van der Waals surface area contributed by atoms with Crippen LogP contribution in [0.1, 0.15) is 17.2 Å². The number of nitrogens with zero attached hydrogens (tertiary/aromatic N) is 3. The van der Waals surface area contributed by atoms with Crippen LogP contribution in [0.3, 0.4) is 0 Å². The van der Waals surface area contributed by atoms with E-state index in [0.29, 0.717) is 11.5 Å². The van der Waals surface area contributed by atoms with Gasteiger partial charge < -0.3 is 11.5 Å². The van der Waals surface area contributed by atoms with Gasteiger partial charge in [-0.3, -0.25) is 15.5 Å². The Morgan fingerprint density at radius 3 is 2.59 bits per heavy atom. The van der Waals surface area contributed by atoms with Crippen molar-refractivity contribution in [2.45, 2.75) is 6.04 Å². The first-order valence-electron chi connectivity index (χ1n) is 5.08. The fourth-order valence-electron chi connectivity index (χ4n) is 1.69. The Hall–Kier alpha value is -2.12. The van der Waals surface area contributed by atoms with Crippen molar-refractivity contribution in [3.63, 3.8) is 0 Å². The lowest BCUT2D eigenvalue weighted by Gasteiger charge is -2.17. The number of anilines is 2. The lowest BCUT2D eigenvalue weighted by atomic mass is 10.0. The monoisotopic (exact) mass is 233 g/mol. The maximum atomic E-state index is 5.91. The van der Waals surface area contributed by atoms with E-state index < -0.39 is 0 Å². The molecule has 7 heteroatoms. The minimum atomic E-state index is -0.322. The molecule has 0 aliphatic carbocycles. The second-order valence-electron chi connectivity index (χ2n) is 3.71. The fourth-order valence-corrected chi connectivity index (χ4v) is 1.69. The smallest absolute Gasteiger partial charge is 0.126 e. The van der Waals surface area contributed by atoms with Gasteiger partial charge in [-0.2, -0.15) is 5.10 Å². The molecular weight excluding hydrogens is 218 g/mol. The molecule has 1 atom stereocenters. The number of pyridine rings is 1. The van der Waals surface area contributed by atoms with Gasteiger partial charge in [0.05, 0.1) is 12.2 Å². The number of nitrogen functional groups attached to an aromatic ring is 2. The minimum absolute atomic E-state index is 0.322. The SMILES string of the molecule is Cn1ncc(C(NN)c2cnccc2N)c1N. The summed E-state index contributed by atoms with van der Waals surface area (Å²) >= 11 is 0. The van der Waals surface area contributed by atoms with Gasteiger partial charge in [0.1, 0.15) is 5.82 Å². The molecule has 0 spiro atoms. The topological polar surface area (TPSA) is 121 Å². The van der Waals surface area contributed by atoms with Gasteiger partial charge in [0.2, 0.25) is 0 Å². The van der Waals surface area contributed by atoms with E-state index in [4.69, 9.17) is 17.3 Å². The summed E-state index contributed by atoms with van der Waals surface area (Å²) in [4.78, 5) is 4.03. The number of rotatable bonds is 3. The molecule has 2 aromatic heterocycles. The average molecular weight is 233 g/mol. The second kappa shape index (κ2) is 4.40. The Balaban J connectivity index is 2.48. The van der Waals surface area contributed by atoms with Gasteiger partial charge >= 0.3 is 0 Å². The molecule has 2 rings (SSSR count). The second-order valence-corrected chi connectivity index (χ2v) is 3.71. The molecule has 7 nitrogen and oxygen atoms in total. The largest absolute Gasteiger partial charge is 0.398 e. The van der Waals surface area contributed by atoms with Crippen LogP contribution in [0.15, 0.2) is 24.7 Å². The van der Waals surface area contributed by atoms with Crippen molar-refractivity contribution < 1.29 is 0 Å². The van der Waals surface area contributed by atoms with Crippen LogP contribution in [0, 0.1) is 0 Å². The van der Waals surface area contributed by atoms with Gasteiger partial charge in [-0.1, -0.05) is 0 Å². The molecule has 0 fully saturated rings. The Kier molecular flexibility index (Phi) is 2.94. The summed E-state index contributed by atoms with van der Waals surface area (Å²) in [6.07, 6.45) is 4.94. The summed E-state index contributed by atoms with van der Waals surface area (Å²) in [5, 5.41) is 4.08. The van der Waals surface area contributed by atoms with Crippen LogP contribution in [0.4, 0.5) is 11.5 Å². The molecule has 0 saturated heterocycles. The summed E-state index contributed by atoms with van der Waals surface area (Å²) in [6.45, 7) is 0. The highest BCUT2D eigenvalue weighted by Gasteiger charge is 2.20. The van der Waals surface area contributed by atoms with Crippen LogP contribution in [-0.4, -0.2) is 14.8 Å². The van der Waals surface area contributed by atoms with Gasteiger partial charge in [-0.15, -0.1) is 0 Å². The molecular formula is C10H15N7. The highest BCUT2D eigenvalue weighted by Crippen LogP contribution is 2.28. The van der Waals surface area contributed by atoms with E-state index >= 15 is 0 Å². The van der Waals surface area contributed by atoms with E-state index in [0.717, 1.165) is 11.1 Å². The first-order valence-corrected chi connectivity index (χ1v) is 5.08. The van der Waals surface area contributed by atoms with E-state index in [1.54, 1.807) is 36.4 Å². The number of nitrogens with one attached hydrogen (secondary N) is 1. The molecule has 17 heavy (non-hydrogen) atoms. The lowest BCUT2D eigenvalue weighted by molar-refractivity contribution is 0.637. The Labute approximate surface area is 98.6 Å². The Morgan fingerprint density at radius 2 is 2.06 bits per heavy atom. The molecule has 0 aliphatic rings. The maximum Gasteiger partial charge on any atom is 0.126 e. The van der Waals surface area contributed by atoms with Gasteiger partial charge in [0.15, 0.2) is 0 Å². The molecule has 0 aliphatic heterocycles. The summed E-state index contributed by atoms with van der Waals surface area (Å²) in [7, 11) is 1.76. The van der Waals surface area contributed by atoms with Crippen LogP contribution in [-0.2, 0) is 7.05 Å². The van der Waals surface area contributed by atoms with Crippen LogP contribution in [0.25, 0.3) is 0 Å². The molecule has 0 bridgehead atoms. The Bertz CT molecular complexity index is 519. The summed E-state index contributed by atoms with van der Waals surface area (Å²) in [6, 6.07) is 1.39.